The molecule has 2 aromatic rings. The summed E-state index contributed by atoms with van der Waals surface area (Å²) in [4.78, 5) is 7.68. The van der Waals surface area contributed by atoms with E-state index >= 15 is 0 Å². The maximum atomic E-state index is 13.1. The lowest BCUT2D eigenvalue weighted by Gasteiger charge is -2.37. The number of morpholine rings is 1. The highest BCUT2D eigenvalue weighted by molar-refractivity contribution is 5.79. The van der Waals surface area contributed by atoms with Crippen molar-refractivity contribution < 1.29 is 22.3 Å². The van der Waals surface area contributed by atoms with Gasteiger partial charge in [0.15, 0.2) is 0 Å². The molecular formula is C11H9F4N3O. The Morgan fingerprint density at radius 3 is 2.58 bits per heavy atom. The molecule has 0 amide bonds. The molecule has 0 atom stereocenters. The molecule has 2 aromatic heterocycles. The minimum Gasteiger partial charge on any atom is -0.353 e. The first-order valence-electron chi connectivity index (χ1n) is 5.49. The Bertz CT molecular complexity index is 597. The van der Waals surface area contributed by atoms with Gasteiger partial charge >= 0.3 is 12.2 Å². The largest absolute Gasteiger partial charge is 0.377 e. The molecule has 0 radical (unpaired) electrons. The van der Waals surface area contributed by atoms with Crippen molar-refractivity contribution in [3.63, 3.8) is 0 Å². The van der Waals surface area contributed by atoms with Gasteiger partial charge in [-0.3, -0.25) is 4.74 Å². The molecule has 8 heteroatoms. The zero-order valence-electron chi connectivity index (χ0n) is 9.54. The number of rotatable bonds is 1. The SMILES string of the molecule is FC1(F)CN(c2cnc3[nH]ccc3c2)CC(F)(F)O1. The smallest absolute Gasteiger partial charge is 0.353 e. The van der Waals surface area contributed by atoms with Crippen molar-refractivity contribution in [1.82, 2.24) is 9.97 Å². The van der Waals surface area contributed by atoms with Crippen molar-refractivity contribution >= 4 is 16.7 Å². The maximum Gasteiger partial charge on any atom is 0.377 e. The average molecular weight is 275 g/mol. The summed E-state index contributed by atoms with van der Waals surface area (Å²) in [6.07, 6.45) is -4.88. The van der Waals surface area contributed by atoms with Crippen molar-refractivity contribution in [2.75, 3.05) is 18.0 Å². The molecule has 1 N–H and O–H groups in total. The molecule has 3 rings (SSSR count). The van der Waals surface area contributed by atoms with Gasteiger partial charge in [0, 0.05) is 11.6 Å². The number of fused-ring (bicyclic) bond motifs is 1. The maximum absolute atomic E-state index is 13.1. The summed E-state index contributed by atoms with van der Waals surface area (Å²) in [6.45, 7) is -1.86. The van der Waals surface area contributed by atoms with E-state index in [9.17, 15) is 17.6 Å². The second-order valence-corrected chi connectivity index (χ2v) is 4.34. The standard InChI is InChI=1S/C11H9F4N3O/c12-10(13)5-18(6-11(14,15)19-10)8-3-7-1-2-16-9(7)17-4-8/h1-4H,5-6H2,(H,16,17). The number of aromatic nitrogens is 2. The Kier molecular flexibility index (Phi) is 2.46. The summed E-state index contributed by atoms with van der Waals surface area (Å²) < 4.78 is 55.9. The van der Waals surface area contributed by atoms with Crippen molar-refractivity contribution in [3.05, 3.63) is 24.5 Å². The quantitative estimate of drug-likeness (QED) is 0.813. The predicted molar refractivity (Wildman–Crippen MR) is 59.3 cm³/mol. The fraction of sp³-hybridized carbons (Fsp3) is 0.364. The van der Waals surface area contributed by atoms with Gasteiger partial charge in [-0.05, 0) is 12.1 Å². The Balaban J connectivity index is 1.96. The summed E-state index contributed by atoms with van der Waals surface area (Å²) in [5.74, 6) is 0. The summed E-state index contributed by atoms with van der Waals surface area (Å²) in [6, 6.07) is 3.21. The van der Waals surface area contributed by atoms with Crippen molar-refractivity contribution in [3.8, 4) is 0 Å². The molecular weight excluding hydrogens is 266 g/mol. The number of aromatic amines is 1. The van der Waals surface area contributed by atoms with E-state index in [-0.39, 0.29) is 5.69 Å². The van der Waals surface area contributed by atoms with Gasteiger partial charge in [0.2, 0.25) is 0 Å². The van der Waals surface area contributed by atoms with Gasteiger partial charge in [0.05, 0.1) is 11.9 Å². The number of ether oxygens (including phenoxy) is 1. The first-order valence-corrected chi connectivity index (χ1v) is 5.49. The molecule has 102 valence electrons. The Labute approximate surface area is 105 Å². The van der Waals surface area contributed by atoms with Gasteiger partial charge in [-0.25, -0.2) is 4.98 Å². The van der Waals surface area contributed by atoms with Crippen molar-refractivity contribution in [1.29, 1.82) is 0 Å². The van der Waals surface area contributed by atoms with Crippen LogP contribution in [0.4, 0.5) is 23.2 Å². The van der Waals surface area contributed by atoms with E-state index in [2.05, 4.69) is 14.7 Å². The molecule has 0 aliphatic carbocycles. The minimum atomic E-state index is -3.89. The third-order valence-corrected chi connectivity index (χ3v) is 2.80. The fourth-order valence-corrected chi connectivity index (χ4v) is 2.07. The van der Waals surface area contributed by atoms with E-state index in [1.165, 1.54) is 12.3 Å². The Morgan fingerprint density at radius 2 is 1.89 bits per heavy atom. The van der Waals surface area contributed by atoms with Crippen LogP contribution in [0.5, 0.6) is 0 Å². The van der Waals surface area contributed by atoms with Crippen LogP contribution >= 0.6 is 0 Å². The van der Waals surface area contributed by atoms with Crippen LogP contribution in [0.25, 0.3) is 11.0 Å². The van der Waals surface area contributed by atoms with Crippen LogP contribution in [0.1, 0.15) is 0 Å². The minimum absolute atomic E-state index is 0.203. The first-order chi connectivity index (χ1) is 8.85. The molecule has 3 heterocycles. The van der Waals surface area contributed by atoms with E-state index < -0.39 is 25.3 Å². The van der Waals surface area contributed by atoms with Gasteiger partial charge in [0.25, 0.3) is 0 Å². The summed E-state index contributed by atoms with van der Waals surface area (Å²) >= 11 is 0. The number of halogens is 4. The number of nitrogens with one attached hydrogen (secondary N) is 1. The number of nitrogens with zero attached hydrogens (tertiary/aromatic N) is 2. The van der Waals surface area contributed by atoms with Crippen LogP contribution in [-0.4, -0.2) is 35.3 Å². The summed E-state index contributed by atoms with van der Waals surface area (Å²) in [5, 5.41) is 0.663. The highest BCUT2D eigenvalue weighted by atomic mass is 19.3. The topological polar surface area (TPSA) is 41.2 Å². The van der Waals surface area contributed by atoms with Gasteiger partial charge in [-0.15, -0.1) is 0 Å². The third kappa shape index (κ3) is 2.35. The molecule has 0 aromatic carbocycles. The monoisotopic (exact) mass is 275 g/mol. The van der Waals surface area contributed by atoms with E-state index in [4.69, 9.17) is 0 Å². The van der Waals surface area contributed by atoms with Crippen molar-refractivity contribution in [2.24, 2.45) is 0 Å². The Morgan fingerprint density at radius 1 is 1.21 bits per heavy atom. The highest BCUT2D eigenvalue weighted by Gasteiger charge is 2.51. The lowest BCUT2D eigenvalue weighted by atomic mass is 10.2. The van der Waals surface area contributed by atoms with Crippen LogP contribution in [0.2, 0.25) is 0 Å². The van der Waals surface area contributed by atoms with Gasteiger partial charge in [-0.1, -0.05) is 0 Å². The molecule has 0 spiro atoms. The second-order valence-electron chi connectivity index (χ2n) is 4.34. The van der Waals surface area contributed by atoms with Gasteiger partial charge in [0.1, 0.15) is 18.7 Å². The number of anilines is 1. The van der Waals surface area contributed by atoms with E-state index in [1.54, 1.807) is 12.3 Å². The van der Waals surface area contributed by atoms with Crippen LogP contribution < -0.4 is 4.90 Å². The number of hydrogen-bond acceptors (Lipinski definition) is 3. The fourth-order valence-electron chi connectivity index (χ4n) is 2.07. The average Bonchev–Trinajstić information content (AvgIpc) is 2.71. The van der Waals surface area contributed by atoms with Crippen LogP contribution in [-0.2, 0) is 4.74 Å². The van der Waals surface area contributed by atoms with Crippen molar-refractivity contribution in [2.45, 2.75) is 12.2 Å². The van der Waals surface area contributed by atoms with E-state index in [0.29, 0.717) is 11.0 Å². The van der Waals surface area contributed by atoms with Crippen LogP contribution in [0.3, 0.4) is 0 Å². The molecule has 4 nitrogen and oxygen atoms in total. The molecule has 19 heavy (non-hydrogen) atoms. The van der Waals surface area contributed by atoms with E-state index in [0.717, 1.165) is 4.90 Å². The van der Waals surface area contributed by atoms with E-state index in [1.807, 2.05) is 0 Å². The lowest BCUT2D eigenvalue weighted by Crippen LogP contribution is -2.55. The highest BCUT2D eigenvalue weighted by Crippen LogP contribution is 2.35. The summed E-state index contributed by atoms with van der Waals surface area (Å²) in [7, 11) is 0. The zero-order chi connectivity index (χ0) is 13.7. The molecule has 0 bridgehead atoms. The van der Waals surface area contributed by atoms with Crippen LogP contribution in [0, 0.1) is 0 Å². The number of hydrogen-bond donors (Lipinski definition) is 1. The number of pyridine rings is 1. The Hall–Kier alpha value is -1.83. The lowest BCUT2D eigenvalue weighted by molar-refractivity contribution is -0.380. The first kappa shape index (κ1) is 12.2. The molecule has 1 saturated heterocycles. The number of alkyl halides is 4. The second kappa shape index (κ2) is 3.83. The molecule has 1 aliphatic heterocycles. The summed E-state index contributed by atoms with van der Waals surface area (Å²) in [5.41, 5.74) is 0.769. The molecule has 0 saturated carbocycles. The molecule has 1 aliphatic rings. The van der Waals surface area contributed by atoms with Gasteiger partial charge in [-0.2, -0.15) is 17.6 Å². The van der Waals surface area contributed by atoms with Gasteiger partial charge < -0.3 is 9.88 Å². The number of H-pyrrole nitrogens is 1. The normalized spacial score (nSPS) is 21.8. The third-order valence-electron chi connectivity index (χ3n) is 2.80. The molecule has 1 fully saturated rings. The van der Waals surface area contributed by atoms with Crippen LogP contribution in [0.15, 0.2) is 24.5 Å². The zero-order valence-corrected chi connectivity index (χ0v) is 9.54. The predicted octanol–water partition coefficient (Wildman–Crippen LogP) is 2.59. The molecule has 0 unspecified atom stereocenters.